The molecule has 22 nitrogen and oxygen atoms in total. The maximum Gasteiger partial charge on any atom is 1.00 e. The van der Waals surface area contributed by atoms with Crippen LogP contribution in [-0.4, -0.2) is 84.0 Å². The van der Waals surface area contributed by atoms with Gasteiger partial charge in [0.25, 0.3) is 0 Å². The van der Waals surface area contributed by atoms with E-state index in [2.05, 4.69) is 0 Å². The Hall–Kier alpha value is 6.55. The molecule has 176 valence electrons. The molecule has 0 aliphatic carbocycles. The normalized spacial score (nSPS) is 2.84. The van der Waals surface area contributed by atoms with Gasteiger partial charge in [0.15, 0.2) is 0 Å². The van der Waals surface area contributed by atoms with Crippen LogP contribution in [0.15, 0.2) is 0 Å². The molecule has 0 radical (unpaired) electrons. The van der Waals surface area contributed by atoms with E-state index in [1.807, 2.05) is 0 Å². The summed E-state index contributed by atoms with van der Waals surface area (Å²) in [5.74, 6) is 0. The third-order valence-corrected chi connectivity index (χ3v) is 0. The summed E-state index contributed by atoms with van der Waals surface area (Å²) in [6, 6.07) is 0. The van der Waals surface area contributed by atoms with Gasteiger partial charge in [0, 0.05) is 0 Å². The monoisotopic (exact) mass is 500 g/mol. The molecule has 0 aliphatic heterocycles. The molecule has 20 N–H and O–H groups in total. The van der Waals surface area contributed by atoms with E-state index in [4.69, 9.17) is 60.3 Å². The van der Waals surface area contributed by atoms with Gasteiger partial charge >= 0.3 is 226 Å². The van der Waals surface area contributed by atoms with E-state index >= 15 is 0 Å². The number of hydrogen-bond acceptors (Lipinski definition) is 12. The summed E-state index contributed by atoms with van der Waals surface area (Å²) in [6.45, 7) is 0. The Bertz CT molecular complexity index is 93.3. The number of rotatable bonds is 0. The summed E-state index contributed by atoms with van der Waals surface area (Å²) < 4.78 is 0. The molecule has 0 aromatic carbocycles. The van der Waals surface area contributed by atoms with Gasteiger partial charge in [-0.25, -0.2) is 0 Å². The molecule has 0 atom stereocenters. The van der Waals surface area contributed by atoms with Crippen LogP contribution in [0.3, 0.4) is 0 Å². The van der Waals surface area contributed by atoms with E-state index in [0.29, 0.717) is 0 Å². The number of hydrogen-bond donors (Lipinski definition) is 0. The average Bonchev–Trinajstić information content (AvgIpc) is 1.76. The molecule has 0 heterocycles. The predicted octanol–water partition coefficient (Wildman–Crippen LogP) is -60.0. The molecule has 0 bridgehead atoms. The van der Waals surface area contributed by atoms with Crippen LogP contribution in [0.2, 0.25) is 0 Å². The molecule has 0 aliphatic rings. The average molecular weight is 499 g/mol. The Morgan fingerprint density at radius 1 is 0.158 bits per heavy atom. The van der Waals surface area contributed by atoms with Gasteiger partial charge in [-0.1, -0.05) is 0 Å². The second-order valence-corrected chi connectivity index (χ2v) is 1.15. The van der Waals surface area contributed by atoms with Crippen molar-refractivity contribution < 1.29 is 341 Å². The van der Waals surface area contributed by atoms with Crippen molar-refractivity contribution in [1.29, 1.82) is 0 Å². The van der Waals surface area contributed by atoms with Crippen LogP contribution in [0.25, 0.3) is 0 Å². The van der Waals surface area contributed by atoms with E-state index in [0.717, 1.165) is 0 Å². The van der Waals surface area contributed by atoms with Gasteiger partial charge in [0.2, 0.25) is 0 Å². The molecular weight excluding hydrogens is 479 g/mol. The fraction of sp³-hybridized carbons (Fsp3) is 0. The Balaban J connectivity index is -0.00000000176. The summed E-state index contributed by atoms with van der Waals surface area (Å²) in [6.07, 6.45) is 0. The van der Waals surface area contributed by atoms with Gasteiger partial charge in [0.1, 0.15) is 0 Å². The first-order valence-electron chi connectivity index (χ1n) is 2.83. The van der Waals surface area contributed by atoms with Crippen LogP contribution in [0.1, 0.15) is 0 Å². The second-order valence-electron chi connectivity index (χ2n) is 1.15. The molecule has 0 aromatic heterocycles. The summed E-state index contributed by atoms with van der Waals surface area (Å²) >= 11 is 0. The van der Waals surface area contributed by atoms with Crippen LogP contribution >= 0.6 is 0 Å². The van der Waals surface area contributed by atoms with Crippen LogP contribution in [0.5, 0.6) is 0 Å². The zero-order chi connectivity index (χ0) is 14.3. The molecule has 0 spiro atoms. The Morgan fingerprint density at radius 3 is 0.158 bits per heavy atom. The predicted molar refractivity (Wildman–Crippen MR) is 59.2 cm³/mol. The van der Waals surface area contributed by atoms with E-state index < -0.39 is 29.3 Å². The van der Waals surface area contributed by atoms with Crippen LogP contribution in [0, 0.1) is 0 Å². The maximum atomic E-state index is 8.42. The Kier molecular flexibility index (Phi) is 1480. The summed E-state index contributed by atoms with van der Waals surface area (Å²) in [5.41, 5.74) is 0. The minimum atomic E-state index is -2.92. The van der Waals surface area contributed by atoms with Gasteiger partial charge < -0.3 is 115 Å². The zero-order valence-electron chi connectivity index (χ0n) is 24.2. The quantitative estimate of drug-likeness (QED) is 0.280. The summed E-state index contributed by atoms with van der Waals surface area (Å²) in [4.78, 5) is 0. The van der Waals surface area contributed by atoms with Crippen molar-refractivity contribution in [2.24, 2.45) is 0 Å². The van der Waals surface area contributed by atoms with Crippen molar-refractivity contribution >= 4 is 29.3 Å². The summed E-state index contributed by atoms with van der Waals surface area (Å²) in [7, 11) is -11.7. The smallest absolute Gasteiger partial charge is 0.907 e. The standard InChI is InChI=1S/4BO3.12Li.10H2O/c4*2-1(3)4;;;;;;;;;;;;;;;;;;;;;;/h;;;;;;;;;;;;;;;;10*1H2/q4*-3;12*+1;;;;;;;;;;. The zero-order valence-corrected chi connectivity index (χ0v) is 24.2. The third kappa shape index (κ3) is 1710. The molecular formula is H20B4Li12O22. The topological polar surface area (TPSA) is 592 Å². The largest absolute Gasteiger partial charge is 1.00 e. The van der Waals surface area contributed by atoms with Crippen LogP contribution < -0.4 is 287 Å². The van der Waals surface area contributed by atoms with Crippen molar-refractivity contribution in [3.8, 4) is 0 Å². The molecule has 0 saturated carbocycles. The molecule has 38 heteroatoms. The summed E-state index contributed by atoms with van der Waals surface area (Å²) in [5, 5.41) is 101. The van der Waals surface area contributed by atoms with Gasteiger partial charge in [-0.2, -0.15) is 0 Å². The minimum Gasteiger partial charge on any atom is -0.907 e. The van der Waals surface area contributed by atoms with E-state index in [-0.39, 0.29) is 281 Å². The fourth-order valence-electron chi connectivity index (χ4n) is 0. The molecule has 0 fully saturated rings. The maximum absolute atomic E-state index is 8.42. The Morgan fingerprint density at radius 2 is 0.158 bits per heavy atom. The van der Waals surface area contributed by atoms with E-state index in [1.165, 1.54) is 0 Å². The van der Waals surface area contributed by atoms with Gasteiger partial charge in [0.05, 0.1) is 0 Å². The molecule has 0 aromatic rings. The molecule has 0 amide bonds. The first-order chi connectivity index (χ1) is 6.93. The van der Waals surface area contributed by atoms with E-state index in [9.17, 15) is 0 Å². The second kappa shape index (κ2) is 229. The van der Waals surface area contributed by atoms with Gasteiger partial charge in [-0.15, -0.1) is 0 Å². The molecule has 0 rings (SSSR count). The Labute approximate surface area is 365 Å². The minimum absolute atomic E-state index is 0. The van der Waals surface area contributed by atoms with Crippen LogP contribution in [0.4, 0.5) is 0 Å². The van der Waals surface area contributed by atoms with Crippen molar-refractivity contribution in [2.45, 2.75) is 0 Å². The van der Waals surface area contributed by atoms with Crippen molar-refractivity contribution in [3.05, 3.63) is 0 Å². The molecule has 0 unspecified atom stereocenters. The molecule has 0 saturated heterocycles. The van der Waals surface area contributed by atoms with Gasteiger partial charge in [-0.3, -0.25) is 29.3 Å². The van der Waals surface area contributed by atoms with Gasteiger partial charge in [-0.05, 0) is 0 Å². The van der Waals surface area contributed by atoms with Crippen molar-refractivity contribution in [1.82, 2.24) is 0 Å². The fourth-order valence-corrected chi connectivity index (χ4v) is 0. The van der Waals surface area contributed by atoms with Crippen LogP contribution in [-0.2, 0) is 0 Å². The first-order valence-corrected chi connectivity index (χ1v) is 2.83. The molecule has 38 heavy (non-hydrogen) atoms. The first kappa shape index (κ1) is 246. The van der Waals surface area contributed by atoms with E-state index in [1.54, 1.807) is 0 Å². The SMILES string of the molecule is O.O.O.O.O.O.O.O.O.O.[Li+].[Li+].[Li+].[Li+].[Li+].[Li+].[Li+].[Li+].[Li+].[Li+].[Li+].[Li+].[O-]B([O-])[O-].[O-]B([O-])[O-].[O-]B([O-])[O-].[O-]B([O-])[O-]. The van der Waals surface area contributed by atoms with Crippen molar-refractivity contribution in [3.63, 3.8) is 0 Å². The van der Waals surface area contributed by atoms with Crippen molar-refractivity contribution in [2.75, 3.05) is 0 Å². The third-order valence-electron chi connectivity index (χ3n) is 0.